The first-order valence-corrected chi connectivity index (χ1v) is 9.70. The zero-order chi connectivity index (χ0) is 17.6. The molecule has 0 unspecified atom stereocenters. The van der Waals surface area contributed by atoms with Gasteiger partial charge in [0.15, 0.2) is 0 Å². The molecule has 0 amide bonds. The van der Waals surface area contributed by atoms with Crippen molar-refractivity contribution >= 4 is 11.6 Å². The molecule has 0 bridgehead atoms. The van der Waals surface area contributed by atoms with Gasteiger partial charge in [-0.25, -0.2) is 4.39 Å². The molecule has 0 N–H and O–H groups in total. The monoisotopic (exact) mass is 356 g/mol. The van der Waals surface area contributed by atoms with E-state index in [1.807, 2.05) is 0 Å². The van der Waals surface area contributed by atoms with Crippen molar-refractivity contribution in [2.24, 2.45) is 11.8 Å². The first-order valence-electron chi connectivity index (χ1n) is 9.33. The molecule has 1 aliphatic rings. The van der Waals surface area contributed by atoms with Crippen LogP contribution in [-0.4, -0.2) is 0 Å². The van der Waals surface area contributed by atoms with Crippen LogP contribution in [0.5, 0.6) is 0 Å². The summed E-state index contributed by atoms with van der Waals surface area (Å²) in [7, 11) is 0. The van der Waals surface area contributed by atoms with E-state index in [0.29, 0.717) is 0 Å². The molecular formula is C23H26ClF. The molecule has 1 saturated carbocycles. The summed E-state index contributed by atoms with van der Waals surface area (Å²) in [6.07, 6.45) is 12.4. The van der Waals surface area contributed by atoms with Gasteiger partial charge < -0.3 is 0 Å². The van der Waals surface area contributed by atoms with E-state index < -0.39 is 0 Å². The molecule has 1 aliphatic carbocycles. The lowest BCUT2D eigenvalue weighted by atomic mass is 9.79. The molecule has 0 heterocycles. The Kier molecular flexibility index (Phi) is 6.31. The third kappa shape index (κ3) is 4.95. The maximum atomic E-state index is 13.3. The van der Waals surface area contributed by atoms with Gasteiger partial charge >= 0.3 is 0 Å². The lowest BCUT2D eigenvalue weighted by Gasteiger charge is -2.26. The number of aryl methyl sites for hydroxylation is 1. The lowest BCUT2D eigenvalue weighted by molar-refractivity contribution is 0.296. The summed E-state index contributed by atoms with van der Waals surface area (Å²) >= 11 is 5.88. The fourth-order valence-electron chi connectivity index (χ4n) is 3.85. The molecular weight excluding hydrogens is 331 g/mol. The van der Waals surface area contributed by atoms with Crippen LogP contribution in [0.4, 0.5) is 4.39 Å². The van der Waals surface area contributed by atoms with Crippen molar-refractivity contribution < 1.29 is 4.39 Å². The summed E-state index contributed by atoms with van der Waals surface area (Å²) in [6.45, 7) is 2.12. The van der Waals surface area contributed by atoms with Crippen molar-refractivity contribution in [1.29, 1.82) is 0 Å². The molecule has 3 rings (SSSR count). The fourth-order valence-corrected chi connectivity index (χ4v) is 4.03. The molecule has 132 valence electrons. The van der Waals surface area contributed by atoms with Gasteiger partial charge in [-0.1, -0.05) is 54.1 Å². The molecule has 2 heteroatoms. The minimum absolute atomic E-state index is 0.176. The second-order valence-electron chi connectivity index (χ2n) is 7.17. The van der Waals surface area contributed by atoms with Crippen LogP contribution in [0.15, 0.2) is 54.6 Å². The number of hydrogen-bond acceptors (Lipinski definition) is 0. The van der Waals surface area contributed by atoms with Crippen LogP contribution in [-0.2, 0) is 6.42 Å². The number of allylic oxidation sites excluding steroid dienone is 2. The highest BCUT2D eigenvalue weighted by molar-refractivity contribution is 6.31. The maximum Gasteiger partial charge on any atom is 0.141 e. The van der Waals surface area contributed by atoms with Crippen molar-refractivity contribution in [2.75, 3.05) is 0 Å². The highest BCUT2D eigenvalue weighted by atomic mass is 35.5. The van der Waals surface area contributed by atoms with Crippen LogP contribution < -0.4 is 0 Å². The van der Waals surface area contributed by atoms with Gasteiger partial charge in [-0.05, 0) is 86.1 Å². The molecule has 2 aromatic rings. The van der Waals surface area contributed by atoms with E-state index in [4.69, 9.17) is 11.6 Å². The summed E-state index contributed by atoms with van der Waals surface area (Å²) in [5.74, 6) is 1.31. The quantitative estimate of drug-likeness (QED) is 0.487. The molecule has 2 aromatic carbocycles. The van der Waals surface area contributed by atoms with Crippen molar-refractivity contribution in [3.63, 3.8) is 0 Å². The molecule has 25 heavy (non-hydrogen) atoms. The number of rotatable bonds is 5. The van der Waals surface area contributed by atoms with Crippen LogP contribution in [0.3, 0.4) is 0 Å². The van der Waals surface area contributed by atoms with Crippen molar-refractivity contribution in [1.82, 2.24) is 0 Å². The Morgan fingerprint density at radius 3 is 2.32 bits per heavy atom. The van der Waals surface area contributed by atoms with Gasteiger partial charge in [0.1, 0.15) is 5.82 Å². The molecule has 0 atom stereocenters. The topological polar surface area (TPSA) is 0 Å². The summed E-state index contributed by atoms with van der Waals surface area (Å²) in [5, 5.41) is 0.176. The van der Waals surface area contributed by atoms with Gasteiger partial charge in [0.2, 0.25) is 0 Å². The molecule has 0 radical (unpaired) electrons. The Bertz CT molecular complexity index is 709. The van der Waals surface area contributed by atoms with E-state index >= 15 is 0 Å². The second kappa shape index (κ2) is 8.67. The smallest absolute Gasteiger partial charge is 0.141 e. The molecule has 0 nitrogen and oxygen atoms in total. The Labute approximate surface area is 155 Å². The standard InChI is InChI=1S/C23H26ClF/c1-2-3-17-4-6-18(7-5-17)8-9-19-10-12-20(13-11-19)21-14-15-23(25)22(24)16-21/h2-3,10-18H,4-9H2,1H3/b3-2+/t17-,18-. The Morgan fingerprint density at radius 2 is 1.68 bits per heavy atom. The van der Waals surface area contributed by atoms with Crippen molar-refractivity contribution in [3.05, 3.63) is 71.0 Å². The van der Waals surface area contributed by atoms with Gasteiger partial charge in [0.25, 0.3) is 0 Å². The predicted octanol–water partition coefficient (Wildman–Crippen LogP) is 7.46. The average molecular weight is 357 g/mol. The van der Waals surface area contributed by atoms with E-state index in [0.717, 1.165) is 29.4 Å². The van der Waals surface area contributed by atoms with E-state index in [1.165, 1.54) is 43.7 Å². The third-order valence-electron chi connectivity index (χ3n) is 5.40. The number of hydrogen-bond donors (Lipinski definition) is 0. The fraction of sp³-hybridized carbons (Fsp3) is 0.391. The first kappa shape index (κ1) is 18.2. The minimum atomic E-state index is -0.369. The Morgan fingerprint density at radius 1 is 1.00 bits per heavy atom. The summed E-state index contributed by atoms with van der Waals surface area (Å²) < 4.78 is 13.3. The third-order valence-corrected chi connectivity index (χ3v) is 5.69. The van der Waals surface area contributed by atoms with Crippen LogP contribution in [0.25, 0.3) is 11.1 Å². The van der Waals surface area contributed by atoms with Crippen molar-refractivity contribution in [3.8, 4) is 11.1 Å². The van der Waals surface area contributed by atoms with Crippen LogP contribution in [0.2, 0.25) is 5.02 Å². The SMILES string of the molecule is C/C=C/[C@H]1CC[C@H](CCc2ccc(-c3ccc(F)c(Cl)c3)cc2)CC1. The highest BCUT2D eigenvalue weighted by Gasteiger charge is 2.19. The largest absolute Gasteiger partial charge is 0.205 e. The Hall–Kier alpha value is -1.60. The zero-order valence-corrected chi connectivity index (χ0v) is 15.6. The van der Waals surface area contributed by atoms with Gasteiger partial charge in [0, 0.05) is 0 Å². The number of halogens is 2. The minimum Gasteiger partial charge on any atom is -0.205 e. The zero-order valence-electron chi connectivity index (χ0n) is 14.8. The van der Waals surface area contributed by atoms with E-state index in [2.05, 4.69) is 43.3 Å². The lowest BCUT2D eigenvalue weighted by Crippen LogP contribution is -2.13. The molecule has 1 fully saturated rings. The number of benzene rings is 2. The summed E-state index contributed by atoms with van der Waals surface area (Å²) in [5.41, 5.74) is 3.42. The molecule has 0 saturated heterocycles. The molecule has 0 aromatic heterocycles. The summed E-state index contributed by atoms with van der Waals surface area (Å²) in [4.78, 5) is 0. The second-order valence-corrected chi connectivity index (χ2v) is 7.58. The normalized spacial score (nSPS) is 20.9. The van der Waals surface area contributed by atoms with Gasteiger partial charge in [-0.3, -0.25) is 0 Å². The molecule has 0 aliphatic heterocycles. The predicted molar refractivity (Wildman–Crippen MR) is 105 cm³/mol. The Balaban J connectivity index is 1.54. The van der Waals surface area contributed by atoms with Crippen LogP contribution in [0.1, 0.15) is 44.6 Å². The van der Waals surface area contributed by atoms with Gasteiger partial charge in [0.05, 0.1) is 5.02 Å². The van der Waals surface area contributed by atoms with Crippen LogP contribution in [0, 0.1) is 17.7 Å². The molecule has 0 spiro atoms. The van der Waals surface area contributed by atoms with Crippen LogP contribution >= 0.6 is 11.6 Å². The van der Waals surface area contributed by atoms with Gasteiger partial charge in [-0.15, -0.1) is 0 Å². The maximum absolute atomic E-state index is 13.3. The summed E-state index contributed by atoms with van der Waals surface area (Å²) in [6, 6.07) is 13.5. The average Bonchev–Trinajstić information content (AvgIpc) is 2.64. The van der Waals surface area contributed by atoms with E-state index in [-0.39, 0.29) is 10.8 Å². The van der Waals surface area contributed by atoms with E-state index in [9.17, 15) is 4.39 Å². The first-order chi connectivity index (χ1) is 12.2. The van der Waals surface area contributed by atoms with Crippen molar-refractivity contribution in [2.45, 2.75) is 45.4 Å². The van der Waals surface area contributed by atoms with Gasteiger partial charge in [-0.2, -0.15) is 0 Å². The van der Waals surface area contributed by atoms with E-state index in [1.54, 1.807) is 12.1 Å². The highest BCUT2D eigenvalue weighted by Crippen LogP contribution is 2.32.